The second kappa shape index (κ2) is 9.10. The number of carbonyl (C=O) groups excluding carboxylic acids is 1. The summed E-state index contributed by atoms with van der Waals surface area (Å²) in [5.74, 6) is 0.00756. The molecule has 1 aromatic rings. The number of rotatable bonds is 5. The maximum atomic E-state index is 12.2. The molecule has 0 bridgehead atoms. The van der Waals surface area contributed by atoms with Crippen LogP contribution in [-0.4, -0.2) is 49.7 Å². The SMILES string of the molecule is COC1CCN(CC(=O)Nc2ccc(C)cc2)C(CN)C1.Cl. The van der Waals surface area contributed by atoms with Crippen LogP contribution in [0.4, 0.5) is 5.69 Å². The third kappa shape index (κ3) is 5.25. The molecule has 124 valence electrons. The predicted octanol–water partition coefficient (Wildman–Crippen LogP) is 1.79. The van der Waals surface area contributed by atoms with Gasteiger partial charge in [-0.05, 0) is 31.9 Å². The van der Waals surface area contributed by atoms with E-state index in [0.29, 0.717) is 13.1 Å². The monoisotopic (exact) mass is 327 g/mol. The molecule has 0 aliphatic carbocycles. The van der Waals surface area contributed by atoms with Crippen LogP contribution in [0.15, 0.2) is 24.3 Å². The summed E-state index contributed by atoms with van der Waals surface area (Å²) in [5.41, 5.74) is 7.84. The van der Waals surface area contributed by atoms with Crippen molar-refractivity contribution >= 4 is 24.0 Å². The number of nitrogens with one attached hydrogen (secondary N) is 1. The Morgan fingerprint density at radius 2 is 2.09 bits per heavy atom. The standard InChI is InChI=1S/C16H25N3O2.ClH/c1-12-3-5-13(6-4-12)18-16(20)11-19-8-7-15(21-2)9-14(19)10-17;/h3-6,14-15H,7-11,17H2,1-2H3,(H,18,20);1H. The van der Waals surface area contributed by atoms with Gasteiger partial charge in [-0.15, -0.1) is 12.4 Å². The number of nitrogens with two attached hydrogens (primary N) is 1. The van der Waals surface area contributed by atoms with Crippen LogP contribution in [0.3, 0.4) is 0 Å². The molecule has 0 radical (unpaired) electrons. The molecule has 2 atom stereocenters. The molecule has 2 rings (SSSR count). The number of piperidine rings is 1. The maximum absolute atomic E-state index is 12.2. The van der Waals surface area contributed by atoms with E-state index in [2.05, 4.69) is 10.2 Å². The minimum Gasteiger partial charge on any atom is -0.381 e. The number of benzene rings is 1. The van der Waals surface area contributed by atoms with E-state index in [4.69, 9.17) is 10.5 Å². The smallest absolute Gasteiger partial charge is 0.238 e. The van der Waals surface area contributed by atoms with E-state index < -0.39 is 0 Å². The van der Waals surface area contributed by atoms with Crippen molar-refractivity contribution in [2.75, 3.05) is 32.1 Å². The van der Waals surface area contributed by atoms with E-state index in [1.165, 1.54) is 5.56 Å². The average Bonchev–Trinajstić information content (AvgIpc) is 2.50. The molecule has 1 heterocycles. The van der Waals surface area contributed by atoms with Crippen LogP contribution in [0.25, 0.3) is 0 Å². The predicted molar refractivity (Wildman–Crippen MR) is 91.5 cm³/mol. The van der Waals surface area contributed by atoms with Gasteiger partial charge in [0.1, 0.15) is 0 Å². The van der Waals surface area contributed by atoms with E-state index >= 15 is 0 Å². The van der Waals surface area contributed by atoms with Crippen molar-refractivity contribution in [2.45, 2.75) is 31.9 Å². The van der Waals surface area contributed by atoms with Crippen LogP contribution in [-0.2, 0) is 9.53 Å². The van der Waals surface area contributed by atoms with Crippen molar-refractivity contribution in [3.05, 3.63) is 29.8 Å². The molecule has 1 aliphatic heterocycles. The highest BCUT2D eigenvalue weighted by Crippen LogP contribution is 2.19. The van der Waals surface area contributed by atoms with Crippen LogP contribution in [0.2, 0.25) is 0 Å². The highest BCUT2D eigenvalue weighted by Gasteiger charge is 2.28. The van der Waals surface area contributed by atoms with Crippen molar-refractivity contribution in [3.8, 4) is 0 Å². The summed E-state index contributed by atoms with van der Waals surface area (Å²) in [4.78, 5) is 14.3. The van der Waals surface area contributed by atoms with E-state index in [1.54, 1.807) is 7.11 Å². The number of ether oxygens (including phenoxy) is 1. The number of hydrogen-bond donors (Lipinski definition) is 2. The van der Waals surface area contributed by atoms with Gasteiger partial charge in [0.05, 0.1) is 12.6 Å². The van der Waals surface area contributed by atoms with Crippen molar-refractivity contribution in [3.63, 3.8) is 0 Å². The lowest BCUT2D eigenvalue weighted by molar-refractivity contribution is -0.118. The van der Waals surface area contributed by atoms with Gasteiger partial charge in [-0.2, -0.15) is 0 Å². The molecular formula is C16H26ClN3O2. The Hall–Kier alpha value is -1.14. The van der Waals surface area contributed by atoms with Gasteiger partial charge in [0.25, 0.3) is 0 Å². The zero-order valence-electron chi connectivity index (χ0n) is 13.2. The van der Waals surface area contributed by atoms with E-state index in [9.17, 15) is 4.79 Å². The fourth-order valence-corrected chi connectivity index (χ4v) is 2.75. The molecule has 1 saturated heterocycles. The normalized spacial score (nSPS) is 22.0. The largest absolute Gasteiger partial charge is 0.381 e. The molecule has 2 unspecified atom stereocenters. The third-order valence-corrected chi connectivity index (χ3v) is 4.08. The Labute approximate surface area is 138 Å². The molecule has 0 aromatic heterocycles. The van der Waals surface area contributed by atoms with Crippen LogP contribution in [0, 0.1) is 6.92 Å². The zero-order valence-corrected chi connectivity index (χ0v) is 14.1. The number of aryl methyl sites for hydroxylation is 1. The summed E-state index contributed by atoms with van der Waals surface area (Å²) in [5, 5.41) is 2.93. The highest BCUT2D eigenvalue weighted by atomic mass is 35.5. The Morgan fingerprint density at radius 1 is 1.41 bits per heavy atom. The number of anilines is 1. The van der Waals surface area contributed by atoms with Crippen LogP contribution < -0.4 is 11.1 Å². The molecule has 1 aliphatic rings. The minimum absolute atomic E-state index is 0. The fourth-order valence-electron chi connectivity index (χ4n) is 2.75. The van der Waals surface area contributed by atoms with Crippen molar-refractivity contribution in [1.29, 1.82) is 0 Å². The number of methoxy groups -OCH3 is 1. The average molecular weight is 328 g/mol. The van der Waals surface area contributed by atoms with Crippen LogP contribution >= 0.6 is 12.4 Å². The number of hydrogen-bond acceptors (Lipinski definition) is 4. The van der Waals surface area contributed by atoms with Gasteiger partial charge in [0.2, 0.25) is 5.91 Å². The molecule has 5 nitrogen and oxygen atoms in total. The molecule has 3 N–H and O–H groups in total. The van der Waals surface area contributed by atoms with E-state index in [0.717, 1.165) is 25.1 Å². The maximum Gasteiger partial charge on any atom is 0.238 e. The Bertz CT molecular complexity index is 467. The first-order valence-electron chi connectivity index (χ1n) is 7.45. The Morgan fingerprint density at radius 3 is 2.68 bits per heavy atom. The first kappa shape index (κ1) is 18.9. The fraction of sp³-hybridized carbons (Fsp3) is 0.562. The molecule has 0 saturated carbocycles. The molecule has 0 spiro atoms. The lowest BCUT2D eigenvalue weighted by atomic mass is 9.99. The summed E-state index contributed by atoms with van der Waals surface area (Å²) in [6, 6.07) is 8.04. The molecular weight excluding hydrogens is 302 g/mol. The van der Waals surface area contributed by atoms with Crippen LogP contribution in [0.5, 0.6) is 0 Å². The Kier molecular flexibility index (Phi) is 7.82. The van der Waals surface area contributed by atoms with Gasteiger partial charge in [0, 0.05) is 31.9 Å². The minimum atomic E-state index is 0. The van der Waals surface area contributed by atoms with Crippen molar-refractivity contribution in [1.82, 2.24) is 4.90 Å². The summed E-state index contributed by atoms with van der Waals surface area (Å²) in [6.45, 7) is 3.81. The first-order chi connectivity index (χ1) is 10.1. The number of nitrogens with zero attached hydrogens (tertiary/aromatic N) is 1. The van der Waals surface area contributed by atoms with Gasteiger partial charge >= 0.3 is 0 Å². The molecule has 22 heavy (non-hydrogen) atoms. The summed E-state index contributed by atoms with van der Waals surface area (Å²) in [6.07, 6.45) is 2.10. The molecule has 6 heteroatoms. The Balaban J connectivity index is 0.00000242. The van der Waals surface area contributed by atoms with Gasteiger partial charge in [0.15, 0.2) is 0 Å². The first-order valence-corrected chi connectivity index (χ1v) is 7.45. The van der Waals surface area contributed by atoms with Gasteiger partial charge < -0.3 is 15.8 Å². The van der Waals surface area contributed by atoms with Gasteiger partial charge in [-0.3, -0.25) is 9.69 Å². The second-order valence-electron chi connectivity index (χ2n) is 5.66. The summed E-state index contributed by atoms with van der Waals surface area (Å²) in [7, 11) is 1.73. The van der Waals surface area contributed by atoms with E-state index in [1.807, 2.05) is 31.2 Å². The second-order valence-corrected chi connectivity index (χ2v) is 5.66. The number of halogens is 1. The van der Waals surface area contributed by atoms with Gasteiger partial charge in [-0.1, -0.05) is 17.7 Å². The summed E-state index contributed by atoms with van der Waals surface area (Å²) < 4.78 is 5.40. The zero-order chi connectivity index (χ0) is 15.2. The lowest BCUT2D eigenvalue weighted by Crippen LogP contribution is -2.50. The number of likely N-dealkylation sites (tertiary alicyclic amines) is 1. The topological polar surface area (TPSA) is 67.6 Å². The molecule has 1 aromatic carbocycles. The quantitative estimate of drug-likeness (QED) is 0.865. The number of carbonyl (C=O) groups is 1. The van der Waals surface area contributed by atoms with Crippen molar-refractivity contribution in [2.24, 2.45) is 5.73 Å². The van der Waals surface area contributed by atoms with Crippen molar-refractivity contribution < 1.29 is 9.53 Å². The molecule has 1 amide bonds. The number of amides is 1. The third-order valence-electron chi connectivity index (χ3n) is 4.08. The highest BCUT2D eigenvalue weighted by molar-refractivity contribution is 5.92. The van der Waals surface area contributed by atoms with Gasteiger partial charge in [-0.25, -0.2) is 0 Å². The van der Waals surface area contributed by atoms with E-state index in [-0.39, 0.29) is 30.5 Å². The lowest BCUT2D eigenvalue weighted by Gasteiger charge is -2.37. The summed E-state index contributed by atoms with van der Waals surface area (Å²) >= 11 is 0. The van der Waals surface area contributed by atoms with Crippen LogP contribution in [0.1, 0.15) is 18.4 Å². The molecule has 1 fully saturated rings.